The van der Waals surface area contributed by atoms with Crippen LogP contribution in [-0.4, -0.2) is 58.7 Å². The number of benzene rings is 2. The number of amides is 2. The number of hydroxylamine groups is 2. The van der Waals surface area contributed by atoms with Crippen LogP contribution >= 0.6 is 0 Å². The molecule has 0 spiro atoms. The number of aromatic nitrogens is 3. The molecule has 9 nitrogen and oxygen atoms in total. The number of nitrogens with one attached hydrogen (secondary N) is 2. The molecule has 2 amide bonds. The SMILES string of the molecule is COCCN1C[C@@H](NC(=O)Nc2c(C)c(-c3ccncc3)nn2-c2ccccc2)[C@H](c2ccc(F)c(F)c2)O1. The van der Waals surface area contributed by atoms with Crippen LogP contribution in [0.5, 0.6) is 0 Å². The van der Waals surface area contributed by atoms with Crippen LogP contribution in [0.1, 0.15) is 17.2 Å². The third-order valence-corrected chi connectivity index (χ3v) is 6.47. The minimum atomic E-state index is -0.985. The molecule has 1 saturated heterocycles. The molecule has 4 aromatic rings. The molecule has 0 radical (unpaired) electrons. The number of anilines is 1. The van der Waals surface area contributed by atoms with Gasteiger partial charge in [-0.1, -0.05) is 24.3 Å². The van der Waals surface area contributed by atoms with Crippen LogP contribution < -0.4 is 10.6 Å². The van der Waals surface area contributed by atoms with E-state index in [1.54, 1.807) is 29.2 Å². The molecule has 2 atom stereocenters. The van der Waals surface area contributed by atoms with E-state index >= 15 is 0 Å². The lowest BCUT2D eigenvalue weighted by Gasteiger charge is -2.20. The number of hydrogen-bond donors (Lipinski definition) is 2. The molecule has 0 unspecified atom stereocenters. The van der Waals surface area contributed by atoms with Crippen molar-refractivity contribution < 1.29 is 23.1 Å². The molecule has 11 heteroatoms. The number of halogens is 2. The van der Waals surface area contributed by atoms with Gasteiger partial charge in [-0.25, -0.2) is 18.3 Å². The number of carbonyl (C=O) groups excluding carboxylic acids is 1. The van der Waals surface area contributed by atoms with Crippen molar-refractivity contribution in [3.63, 3.8) is 0 Å². The van der Waals surface area contributed by atoms with Crippen molar-refractivity contribution in [2.24, 2.45) is 0 Å². The molecule has 1 aliphatic rings. The molecule has 1 fully saturated rings. The Balaban J connectivity index is 1.42. The van der Waals surface area contributed by atoms with Gasteiger partial charge >= 0.3 is 6.03 Å². The number of carbonyl (C=O) groups is 1. The predicted octanol–water partition coefficient (Wildman–Crippen LogP) is 4.65. The Hall–Kier alpha value is -4.19. The normalized spacial score (nSPS) is 17.3. The Bertz CT molecular complexity index is 1430. The van der Waals surface area contributed by atoms with Gasteiger partial charge in [0.2, 0.25) is 0 Å². The van der Waals surface area contributed by atoms with E-state index in [0.717, 1.165) is 28.9 Å². The first kappa shape index (κ1) is 26.4. The summed E-state index contributed by atoms with van der Waals surface area (Å²) in [5.41, 5.74) is 3.50. The number of para-hydroxylation sites is 1. The first-order valence-corrected chi connectivity index (χ1v) is 12.4. The molecule has 202 valence electrons. The van der Waals surface area contributed by atoms with E-state index < -0.39 is 29.8 Å². The van der Waals surface area contributed by atoms with E-state index in [4.69, 9.17) is 14.7 Å². The van der Waals surface area contributed by atoms with Crippen molar-refractivity contribution in [1.29, 1.82) is 0 Å². The van der Waals surface area contributed by atoms with E-state index in [9.17, 15) is 13.6 Å². The smallest absolute Gasteiger partial charge is 0.320 e. The van der Waals surface area contributed by atoms with Gasteiger partial charge in [0.05, 0.1) is 24.0 Å². The standard InChI is InChI=1S/C28H28F2N6O3/c1-18-25(19-10-12-31-13-11-19)34-36(21-6-4-3-5-7-21)27(18)33-28(37)32-24-17-35(14-15-38-2)39-26(24)20-8-9-22(29)23(30)16-20/h3-13,16,24,26H,14-15,17H2,1-2H3,(H2,32,33,37)/t24-,26+/m1/s1. The van der Waals surface area contributed by atoms with Crippen molar-refractivity contribution in [1.82, 2.24) is 25.1 Å². The lowest BCUT2D eigenvalue weighted by atomic mass is 10.0. The van der Waals surface area contributed by atoms with Crippen LogP contribution in [0.25, 0.3) is 16.9 Å². The zero-order valence-corrected chi connectivity index (χ0v) is 21.5. The van der Waals surface area contributed by atoms with Crippen LogP contribution in [0.2, 0.25) is 0 Å². The number of hydrogen-bond acceptors (Lipinski definition) is 6. The molecule has 2 N–H and O–H groups in total. The lowest BCUT2D eigenvalue weighted by molar-refractivity contribution is -0.154. The molecule has 0 bridgehead atoms. The summed E-state index contributed by atoms with van der Waals surface area (Å²) in [4.78, 5) is 23.4. The zero-order valence-electron chi connectivity index (χ0n) is 21.5. The largest absolute Gasteiger partial charge is 0.383 e. The van der Waals surface area contributed by atoms with E-state index in [-0.39, 0.29) is 0 Å². The Morgan fingerprint density at radius 2 is 1.87 bits per heavy atom. The minimum Gasteiger partial charge on any atom is -0.383 e. The fourth-order valence-electron chi connectivity index (χ4n) is 4.53. The van der Waals surface area contributed by atoms with Crippen LogP contribution in [0, 0.1) is 18.6 Å². The van der Waals surface area contributed by atoms with Crippen LogP contribution in [-0.2, 0) is 9.57 Å². The van der Waals surface area contributed by atoms with Gasteiger partial charge in [0.1, 0.15) is 11.9 Å². The molecule has 0 saturated carbocycles. The molecule has 5 rings (SSSR count). The number of pyridine rings is 1. The Morgan fingerprint density at radius 1 is 1.10 bits per heavy atom. The topological polar surface area (TPSA) is 93.5 Å². The quantitative estimate of drug-likeness (QED) is 0.342. The molecule has 2 aromatic carbocycles. The highest BCUT2D eigenvalue weighted by molar-refractivity contribution is 5.91. The zero-order chi connectivity index (χ0) is 27.4. The second kappa shape index (κ2) is 11.7. The number of nitrogens with zero attached hydrogens (tertiary/aromatic N) is 4. The third kappa shape index (κ3) is 5.80. The maximum atomic E-state index is 14.0. The Morgan fingerprint density at radius 3 is 2.59 bits per heavy atom. The summed E-state index contributed by atoms with van der Waals surface area (Å²) in [7, 11) is 1.57. The Kier molecular flexibility index (Phi) is 7.92. The first-order valence-electron chi connectivity index (χ1n) is 12.4. The van der Waals surface area contributed by atoms with Crippen LogP contribution in [0.4, 0.5) is 19.4 Å². The van der Waals surface area contributed by atoms with Crippen LogP contribution in [0.3, 0.4) is 0 Å². The fourth-order valence-corrected chi connectivity index (χ4v) is 4.53. The van der Waals surface area contributed by atoms with Gasteiger partial charge in [-0.15, -0.1) is 0 Å². The highest BCUT2D eigenvalue weighted by atomic mass is 19.2. The molecular formula is C28H28F2N6O3. The summed E-state index contributed by atoms with van der Waals surface area (Å²) >= 11 is 0. The molecule has 3 heterocycles. The third-order valence-electron chi connectivity index (χ3n) is 6.47. The van der Waals surface area contributed by atoms with Gasteiger partial charge in [-0.05, 0) is 48.9 Å². The lowest BCUT2D eigenvalue weighted by Crippen LogP contribution is -2.42. The van der Waals surface area contributed by atoms with Gasteiger partial charge in [-0.3, -0.25) is 15.1 Å². The van der Waals surface area contributed by atoms with Gasteiger partial charge in [0.25, 0.3) is 0 Å². The summed E-state index contributed by atoms with van der Waals surface area (Å²) in [6.45, 7) is 3.04. The Labute approximate surface area is 224 Å². The van der Waals surface area contributed by atoms with E-state index in [0.29, 0.717) is 36.8 Å². The number of ether oxygens (including phenoxy) is 1. The second-order valence-corrected chi connectivity index (χ2v) is 9.09. The number of rotatable bonds is 8. The van der Waals surface area contributed by atoms with Gasteiger partial charge < -0.3 is 10.1 Å². The van der Waals surface area contributed by atoms with E-state index in [2.05, 4.69) is 15.6 Å². The molecule has 0 aliphatic carbocycles. The number of urea groups is 1. The van der Waals surface area contributed by atoms with E-state index in [1.165, 1.54) is 6.07 Å². The molecular weight excluding hydrogens is 506 g/mol. The van der Waals surface area contributed by atoms with Crippen molar-refractivity contribution in [3.05, 3.63) is 95.8 Å². The fraction of sp³-hybridized carbons (Fsp3) is 0.250. The summed E-state index contributed by atoms with van der Waals surface area (Å²) in [6.07, 6.45) is 2.64. The highest BCUT2D eigenvalue weighted by Gasteiger charge is 2.37. The highest BCUT2D eigenvalue weighted by Crippen LogP contribution is 2.32. The first-order chi connectivity index (χ1) is 18.9. The predicted molar refractivity (Wildman–Crippen MR) is 141 cm³/mol. The van der Waals surface area contributed by atoms with Gasteiger partial charge in [0.15, 0.2) is 11.6 Å². The van der Waals surface area contributed by atoms with Gasteiger partial charge in [-0.2, -0.15) is 10.2 Å². The van der Waals surface area contributed by atoms with Crippen LogP contribution in [0.15, 0.2) is 73.1 Å². The molecule has 2 aromatic heterocycles. The average molecular weight is 535 g/mol. The van der Waals surface area contributed by atoms with Crippen molar-refractivity contribution in [2.75, 3.05) is 32.1 Å². The number of methoxy groups -OCH3 is 1. The van der Waals surface area contributed by atoms with Crippen molar-refractivity contribution in [2.45, 2.75) is 19.1 Å². The second-order valence-electron chi connectivity index (χ2n) is 9.09. The molecule has 39 heavy (non-hydrogen) atoms. The summed E-state index contributed by atoms with van der Waals surface area (Å²) in [6, 6.07) is 15.7. The van der Waals surface area contributed by atoms with Crippen molar-refractivity contribution >= 4 is 11.8 Å². The molecule has 1 aliphatic heterocycles. The van der Waals surface area contributed by atoms with E-state index in [1.807, 2.05) is 49.4 Å². The average Bonchev–Trinajstić information content (AvgIpc) is 3.50. The summed E-state index contributed by atoms with van der Waals surface area (Å²) in [5, 5.41) is 12.3. The summed E-state index contributed by atoms with van der Waals surface area (Å²) < 4.78 is 34.4. The maximum absolute atomic E-state index is 14.0. The minimum absolute atomic E-state index is 0.319. The maximum Gasteiger partial charge on any atom is 0.320 e. The summed E-state index contributed by atoms with van der Waals surface area (Å²) in [5.74, 6) is -1.45. The monoisotopic (exact) mass is 534 g/mol. The van der Waals surface area contributed by atoms with Crippen molar-refractivity contribution in [3.8, 4) is 16.9 Å². The van der Waals surface area contributed by atoms with Gasteiger partial charge in [0, 0.05) is 43.7 Å².